The molecule has 208 valence electrons. The number of esters is 1. The van der Waals surface area contributed by atoms with Crippen molar-refractivity contribution in [1.29, 1.82) is 0 Å². The lowest BCUT2D eigenvalue weighted by atomic mass is 10.0. The first-order valence-corrected chi connectivity index (χ1v) is 12.7. The predicted octanol–water partition coefficient (Wildman–Crippen LogP) is 1.49. The maximum Gasteiger partial charge on any atom is 0.439 e. The summed E-state index contributed by atoms with van der Waals surface area (Å²) in [5.41, 5.74) is 2.63. The highest BCUT2D eigenvalue weighted by Gasteiger charge is 2.43. The van der Waals surface area contributed by atoms with Crippen molar-refractivity contribution in [3.63, 3.8) is 0 Å². The number of benzene rings is 2. The second-order valence-electron chi connectivity index (χ2n) is 9.52. The number of morpholine rings is 1. The molecule has 2 N–H and O–H groups in total. The third-order valence-corrected chi connectivity index (χ3v) is 6.58. The molecule has 3 amide bonds. The topological polar surface area (TPSA) is 164 Å². The Morgan fingerprint density at radius 2 is 1.85 bits per heavy atom. The van der Waals surface area contributed by atoms with Gasteiger partial charge in [-0.2, -0.15) is 0 Å². The Bertz CT molecular complexity index is 1510. The van der Waals surface area contributed by atoms with Gasteiger partial charge in [0.15, 0.2) is 11.9 Å². The Morgan fingerprint density at radius 3 is 2.48 bits per heavy atom. The molecule has 0 aliphatic carbocycles. The van der Waals surface area contributed by atoms with Crippen molar-refractivity contribution in [2.45, 2.75) is 32.5 Å². The number of rotatable bonds is 7. The molecule has 2 aromatic carbocycles. The molecule has 2 saturated heterocycles. The van der Waals surface area contributed by atoms with Crippen molar-refractivity contribution in [3.05, 3.63) is 64.1 Å². The van der Waals surface area contributed by atoms with Gasteiger partial charge in [0, 0.05) is 49.1 Å². The molecule has 0 bridgehead atoms. The third-order valence-electron chi connectivity index (χ3n) is 6.58. The molecule has 2 aliphatic rings. The van der Waals surface area contributed by atoms with Crippen molar-refractivity contribution in [3.8, 4) is 11.4 Å². The van der Waals surface area contributed by atoms with Crippen LogP contribution in [0.25, 0.3) is 11.4 Å². The number of nitrogens with one attached hydrogen (secondary N) is 2. The number of ether oxygens (including phenoxy) is 2. The molecule has 2 aliphatic heterocycles. The molecule has 40 heavy (non-hydrogen) atoms. The van der Waals surface area contributed by atoms with Crippen LogP contribution in [0.5, 0.6) is 0 Å². The average molecular weight is 550 g/mol. The number of amides is 3. The van der Waals surface area contributed by atoms with Gasteiger partial charge in [0.2, 0.25) is 6.10 Å². The number of H-pyrrole nitrogens is 1. The van der Waals surface area contributed by atoms with Crippen molar-refractivity contribution in [2.75, 3.05) is 36.5 Å². The van der Waals surface area contributed by atoms with E-state index in [-0.39, 0.29) is 24.9 Å². The maximum atomic E-state index is 13.6. The number of hydrogen-bond donors (Lipinski definition) is 2. The zero-order valence-corrected chi connectivity index (χ0v) is 21.8. The third kappa shape index (κ3) is 5.64. The van der Waals surface area contributed by atoms with Crippen molar-refractivity contribution >= 4 is 35.1 Å². The Morgan fingerprint density at radius 1 is 1.10 bits per heavy atom. The van der Waals surface area contributed by atoms with Crippen LogP contribution in [0.3, 0.4) is 0 Å². The second-order valence-corrected chi connectivity index (χ2v) is 9.52. The largest absolute Gasteiger partial charge is 0.449 e. The molecular formula is C27H27N5O8. The molecule has 0 radical (unpaired) electrons. The van der Waals surface area contributed by atoms with E-state index in [1.54, 1.807) is 47.4 Å². The number of carbonyl (C=O) groups is 4. The van der Waals surface area contributed by atoms with Crippen molar-refractivity contribution < 1.29 is 33.2 Å². The van der Waals surface area contributed by atoms with Crippen LogP contribution in [0.1, 0.15) is 29.3 Å². The van der Waals surface area contributed by atoms with Crippen LogP contribution < -0.4 is 16.0 Å². The van der Waals surface area contributed by atoms with Crippen LogP contribution in [0.4, 0.5) is 11.4 Å². The number of carbonyl (C=O) groups excluding carboxylic acids is 4. The van der Waals surface area contributed by atoms with Crippen molar-refractivity contribution in [2.24, 2.45) is 0 Å². The van der Waals surface area contributed by atoms with Gasteiger partial charge in [-0.05, 0) is 61.4 Å². The van der Waals surface area contributed by atoms with E-state index in [2.05, 4.69) is 20.0 Å². The van der Waals surface area contributed by atoms with E-state index in [4.69, 9.17) is 9.47 Å². The van der Waals surface area contributed by atoms with Gasteiger partial charge in [-0.15, -0.1) is 0 Å². The number of anilines is 2. The predicted molar refractivity (Wildman–Crippen MR) is 141 cm³/mol. The molecular weight excluding hydrogens is 522 g/mol. The molecule has 5 rings (SSSR count). The second kappa shape index (κ2) is 11.1. The minimum Gasteiger partial charge on any atom is -0.449 e. The van der Waals surface area contributed by atoms with Gasteiger partial charge in [0.25, 0.3) is 17.7 Å². The van der Waals surface area contributed by atoms with Crippen LogP contribution in [-0.2, 0) is 23.9 Å². The summed E-state index contributed by atoms with van der Waals surface area (Å²) in [4.78, 5) is 68.4. The minimum absolute atomic E-state index is 0.0788. The molecule has 1 aromatic heterocycles. The minimum atomic E-state index is -1.58. The van der Waals surface area contributed by atoms with E-state index in [1.807, 2.05) is 6.92 Å². The number of hydrogen-bond acceptors (Lipinski definition) is 9. The van der Waals surface area contributed by atoms with E-state index >= 15 is 0 Å². The number of aromatic amines is 1. The van der Waals surface area contributed by atoms with Gasteiger partial charge >= 0.3 is 11.7 Å². The fourth-order valence-electron chi connectivity index (χ4n) is 4.53. The Kier molecular flexibility index (Phi) is 7.47. The molecule has 2 atom stereocenters. The molecule has 13 heteroatoms. The summed E-state index contributed by atoms with van der Waals surface area (Å²) >= 11 is 0. The van der Waals surface area contributed by atoms with Gasteiger partial charge in [0.1, 0.15) is 0 Å². The Balaban J connectivity index is 1.35. The van der Waals surface area contributed by atoms with Crippen LogP contribution in [-0.4, -0.2) is 77.2 Å². The monoisotopic (exact) mass is 549 g/mol. The number of nitrogens with zero attached hydrogens (tertiary/aromatic N) is 3. The number of aryl methyl sites for hydroxylation is 1. The van der Waals surface area contributed by atoms with Crippen molar-refractivity contribution in [1.82, 2.24) is 15.0 Å². The lowest BCUT2D eigenvalue weighted by molar-refractivity contribution is -0.167. The number of likely N-dealkylation sites (tertiary alicyclic amines) is 1. The van der Waals surface area contributed by atoms with Crippen LogP contribution in [0, 0.1) is 6.92 Å². The van der Waals surface area contributed by atoms with Gasteiger partial charge < -0.3 is 24.6 Å². The van der Waals surface area contributed by atoms with E-state index in [0.29, 0.717) is 35.6 Å². The highest BCUT2D eigenvalue weighted by atomic mass is 16.6. The molecule has 0 saturated carbocycles. The summed E-state index contributed by atoms with van der Waals surface area (Å²) in [5.74, 6) is -2.70. The quantitative estimate of drug-likeness (QED) is 0.416. The van der Waals surface area contributed by atoms with Crippen LogP contribution in [0.15, 0.2) is 51.8 Å². The zero-order valence-electron chi connectivity index (χ0n) is 21.8. The van der Waals surface area contributed by atoms with Gasteiger partial charge in [-0.3, -0.25) is 28.7 Å². The average Bonchev–Trinajstić information content (AvgIpc) is 3.32. The summed E-state index contributed by atoms with van der Waals surface area (Å²) in [6.07, 6.45) is -2.03. The fourth-order valence-corrected chi connectivity index (χ4v) is 4.53. The Labute approximate surface area is 228 Å². The highest BCUT2D eigenvalue weighted by molar-refractivity contribution is 6.05. The number of aromatic nitrogens is 2. The molecule has 3 heterocycles. The maximum absolute atomic E-state index is 13.6. The van der Waals surface area contributed by atoms with Gasteiger partial charge in [-0.25, -0.2) is 4.79 Å². The van der Waals surface area contributed by atoms with E-state index < -0.39 is 35.7 Å². The van der Waals surface area contributed by atoms with E-state index in [9.17, 15) is 24.0 Å². The Hall–Kier alpha value is -4.78. The first kappa shape index (κ1) is 26.8. The zero-order chi connectivity index (χ0) is 28.4. The summed E-state index contributed by atoms with van der Waals surface area (Å²) in [5, 5.41) is 6.24. The standard InChI is InChI=1S/C27H27N5O8/c1-15-12-18(25(35)31-8-3-9-31)14-20(13-15)32-10-11-38-22(26(32)36)21(39-16(2)33)24(34)28-19-6-4-17(5-7-19)23-29-27(37)40-30-23/h4-7,12-14,21-22H,3,8-11H2,1-2H3,(H,28,34)(H,29,30,37)/t21-,22-/m1/s1. The molecule has 0 unspecified atom stereocenters. The van der Waals surface area contributed by atoms with E-state index in [1.165, 1.54) is 4.90 Å². The van der Waals surface area contributed by atoms with Gasteiger partial charge in [-0.1, -0.05) is 5.16 Å². The first-order chi connectivity index (χ1) is 19.2. The van der Waals surface area contributed by atoms with E-state index in [0.717, 1.165) is 18.9 Å². The fraction of sp³-hybridized carbons (Fsp3) is 0.333. The van der Waals surface area contributed by atoms with Crippen LogP contribution in [0.2, 0.25) is 0 Å². The SMILES string of the molecule is CC(=O)O[C@@H](C(=O)Nc1ccc(-c2noc(=O)[nH]2)cc1)[C@H]1OCCN(c2cc(C)cc(C(=O)N3CCC3)c2)C1=O. The highest BCUT2D eigenvalue weighted by Crippen LogP contribution is 2.26. The van der Waals surface area contributed by atoms with Crippen LogP contribution >= 0.6 is 0 Å². The summed E-state index contributed by atoms with van der Waals surface area (Å²) in [6, 6.07) is 11.5. The normalized spacial score (nSPS) is 17.6. The summed E-state index contributed by atoms with van der Waals surface area (Å²) < 4.78 is 15.4. The van der Waals surface area contributed by atoms with Gasteiger partial charge in [0.05, 0.1) is 6.61 Å². The summed E-state index contributed by atoms with van der Waals surface area (Å²) in [7, 11) is 0. The smallest absolute Gasteiger partial charge is 0.439 e. The molecule has 0 spiro atoms. The summed E-state index contributed by atoms with van der Waals surface area (Å²) in [6.45, 7) is 4.63. The lowest BCUT2D eigenvalue weighted by Crippen LogP contribution is -2.56. The molecule has 2 fully saturated rings. The lowest BCUT2D eigenvalue weighted by Gasteiger charge is -2.36. The first-order valence-electron chi connectivity index (χ1n) is 12.7. The molecule has 13 nitrogen and oxygen atoms in total. The molecule has 3 aromatic rings.